The Balaban J connectivity index is 1.59. The zero-order chi connectivity index (χ0) is 21.0. The second kappa shape index (κ2) is 8.78. The van der Waals surface area contributed by atoms with Crippen molar-refractivity contribution in [3.05, 3.63) is 71.8 Å². The lowest BCUT2D eigenvalue weighted by molar-refractivity contribution is -0.132. The Morgan fingerprint density at radius 2 is 1.48 bits per heavy atom. The molecule has 0 saturated carbocycles. The summed E-state index contributed by atoms with van der Waals surface area (Å²) in [6.07, 6.45) is 0. The van der Waals surface area contributed by atoms with E-state index >= 15 is 0 Å². The summed E-state index contributed by atoms with van der Waals surface area (Å²) in [5, 5.41) is 5.22. The smallest absolute Gasteiger partial charge is 0.243 e. The van der Waals surface area contributed by atoms with Crippen molar-refractivity contribution in [3.8, 4) is 0 Å². The van der Waals surface area contributed by atoms with Gasteiger partial charge in [0.2, 0.25) is 11.8 Å². The molecule has 0 radical (unpaired) electrons. The monoisotopic (exact) mass is 389 g/mol. The van der Waals surface area contributed by atoms with E-state index in [1.165, 1.54) is 4.90 Å². The number of carbonyl (C=O) groups excluding carboxylic acids is 2. The largest absolute Gasteiger partial charge is 0.365 e. The van der Waals surface area contributed by atoms with Crippen molar-refractivity contribution in [3.63, 3.8) is 0 Å². The molecule has 2 amide bonds. The molecule has 1 N–H and O–H groups in total. The summed E-state index contributed by atoms with van der Waals surface area (Å²) in [6, 6.07) is 20.1. The fraction of sp³-hybridized carbons (Fsp3) is 0.250. The number of likely N-dealkylation sites (N-methyl/N-ethyl adjacent to an activating group) is 2. The molecule has 0 bridgehead atoms. The first-order chi connectivity index (χ1) is 13.8. The van der Waals surface area contributed by atoms with Crippen molar-refractivity contribution < 1.29 is 9.59 Å². The molecule has 5 nitrogen and oxygen atoms in total. The van der Waals surface area contributed by atoms with Gasteiger partial charge in [-0.2, -0.15) is 0 Å². The van der Waals surface area contributed by atoms with Gasteiger partial charge in [-0.05, 0) is 47.9 Å². The molecule has 3 rings (SSSR count). The fourth-order valence-corrected chi connectivity index (χ4v) is 3.32. The molecular formula is C24H27N3O2. The van der Waals surface area contributed by atoms with Crippen molar-refractivity contribution in [1.82, 2.24) is 4.90 Å². The minimum Gasteiger partial charge on any atom is -0.365 e. The van der Waals surface area contributed by atoms with E-state index in [1.54, 1.807) is 7.05 Å². The number of anilines is 2. The molecule has 0 aromatic heterocycles. The molecule has 150 valence electrons. The summed E-state index contributed by atoms with van der Waals surface area (Å²) < 4.78 is 0. The summed E-state index contributed by atoms with van der Waals surface area (Å²) in [7, 11) is 3.54. The molecule has 3 aromatic rings. The first kappa shape index (κ1) is 20.4. The number of aryl methyl sites for hydroxylation is 2. The first-order valence-electron chi connectivity index (χ1n) is 9.65. The maximum atomic E-state index is 12.6. The standard InChI is InChI=1S/C24H27N3O2/c1-17-8-7-9-18(2)24(17)25-22(28)15-27(4)23(29)16-26(3)21-13-12-19-10-5-6-11-20(19)14-21/h5-14H,15-16H2,1-4H3,(H,25,28). The molecule has 3 aromatic carbocycles. The van der Waals surface area contributed by atoms with Gasteiger partial charge in [0.15, 0.2) is 0 Å². The van der Waals surface area contributed by atoms with E-state index in [0.29, 0.717) is 0 Å². The average Bonchev–Trinajstić information content (AvgIpc) is 2.70. The summed E-state index contributed by atoms with van der Waals surface area (Å²) in [4.78, 5) is 28.4. The van der Waals surface area contributed by atoms with Crippen LogP contribution in [0.3, 0.4) is 0 Å². The highest BCUT2D eigenvalue weighted by Crippen LogP contribution is 2.21. The van der Waals surface area contributed by atoms with Crippen molar-refractivity contribution in [2.24, 2.45) is 0 Å². The Bertz CT molecular complexity index is 1020. The minimum absolute atomic E-state index is 0.0121. The highest BCUT2D eigenvalue weighted by molar-refractivity contribution is 5.96. The predicted molar refractivity (Wildman–Crippen MR) is 119 cm³/mol. The van der Waals surface area contributed by atoms with Crippen LogP contribution in [-0.4, -0.2) is 43.9 Å². The Kier molecular flexibility index (Phi) is 6.17. The van der Waals surface area contributed by atoms with E-state index in [2.05, 4.69) is 23.5 Å². The van der Waals surface area contributed by atoms with Crippen molar-refractivity contribution >= 4 is 34.0 Å². The number of rotatable bonds is 6. The van der Waals surface area contributed by atoms with E-state index in [0.717, 1.165) is 33.3 Å². The van der Waals surface area contributed by atoms with Crippen LogP contribution in [0.4, 0.5) is 11.4 Å². The van der Waals surface area contributed by atoms with Gasteiger partial charge in [-0.3, -0.25) is 9.59 Å². The van der Waals surface area contributed by atoms with Gasteiger partial charge in [0.1, 0.15) is 0 Å². The Labute approximate surface area is 171 Å². The van der Waals surface area contributed by atoms with Crippen LogP contribution in [0.1, 0.15) is 11.1 Å². The zero-order valence-corrected chi connectivity index (χ0v) is 17.4. The topological polar surface area (TPSA) is 52.7 Å². The number of hydrogen-bond donors (Lipinski definition) is 1. The number of benzene rings is 3. The van der Waals surface area contributed by atoms with Crippen LogP contribution in [0.15, 0.2) is 60.7 Å². The van der Waals surface area contributed by atoms with Gasteiger partial charge in [0, 0.05) is 25.5 Å². The number of amides is 2. The number of nitrogens with one attached hydrogen (secondary N) is 1. The second-order valence-corrected chi connectivity index (χ2v) is 7.45. The molecule has 5 heteroatoms. The van der Waals surface area contributed by atoms with Gasteiger partial charge in [0.25, 0.3) is 0 Å². The molecule has 0 aliphatic heterocycles. The first-order valence-corrected chi connectivity index (χ1v) is 9.65. The van der Waals surface area contributed by atoms with Crippen LogP contribution >= 0.6 is 0 Å². The lowest BCUT2D eigenvalue weighted by atomic mass is 10.1. The van der Waals surface area contributed by atoms with Crippen LogP contribution in [-0.2, 0) is 9.59 Å². The highest BCUT2D eigenvalue weighted by atomic mass is 16.2. The second-order valence-electron chi connectivity index (χ2n) is 7.45. The molecule has 0 spiro atoms. The predicted octanol–water partition coefficient (Wildman–Crippen LogP) is 3.99. The molecular weight excluding hydrogens is 362 g/mol. The number of para-hydroxylation sites is 1. The maximum absolute atomic E-state index is 12.6. The quantitative estimate of drug-likeness (QED) is 0.694. The van der Waals surface area contributed by atoms with E-state index in [9.17, 15) is 9.59 Å². The van der Waals surface area contributed by atoms with Crippen molar-refractivity contribution in [1.29, 1.82) is 0 Å². The summed E-state index contributed by atoms with van der Waals surface area (Å²) in [5.74, 6) is -0.316. The number of fused-ring (bicyclic) bond motifs is 1. The normalized spacial score (nSPS) is 10.6. The van der Waals surface area contributed by atoms with Gasteiger partial charge in [0.05, 0.1) is 13.1 Å². The van der Waals surface area contributed by atoms with Crippen LogP contribution in [0.5, 0.6) is 0 Å². The van der Waals surface area contributed by atoms with Gasteiger partial charge < -0.3 is 15.1 Å². The van der Waals surface area contributed by atoms with Crippen LogP contribution in [0, 0.1) is 13.8 Å². The molecule has 0 aliphatic carbocycles. The Hall–Kier alpha value is -3.34. The van der Waals surface area contributed by atoms with E-state index in [-0.39, 0.29) is 24.9 Å². The van der Waals surface area contributed by atoms with Crippen molar-refractivity contribution in [2.45, 2.75) is 13.8 Å². The van der Waals surface area contributed by atoms with Gasteiger partial charge in [-0.15, -0.1) is 0 Å². The van der Waals surface area contributed by atoms with E-state index in [4.69, 9.17) is 0 Å². The maximum Gasteiger partial charge on any atom is 0.243 e. The van der Waals surface area contributed by atoms with Crippen molar-refractivity contribution in [2.75, 3.05) is 37.4 Å². The molecule has 0 atom stereocenters. The average molecular weight is 389 g/mol. The number of nitrogens with zero attached hydrogens (tertiary/aromatic N) is 2. The summed E-state index contributed by atoms with van der Waals surface area (Å²) in [5.41, 5.74) is 3.78. The SMILES string of the molecule is Cc1cccc(C)c1NC(=O)CN(C)C(=O)CN(C)c1ccc2ccccc2c1. The van der Waals surface area contributed by atoms with Crippen LogP contribution < -0.4 is 10.2 Å². The summed E-state index contributed by atoms with van der Waals surface area (Å²) >= 11 is 0. The molecule has 0 unspecified atom stereocenters. The van der Waals surface area contributed by atoms with E-state index < -0.39 is 0 Å². The third-order valence-electron chi connectivity index (χ3n) is 5.10. The number of carbonyl (C=O) groups is 2. The molecule has 0 heterocycles. The summed E-state index contributed by atoms with van der Waals surface area (Å²) in [6.45, 7) is 4.12. The fourth-order valence-electron chi connectivity index (χ4n) is 3.32. The molecule has 0 saturated heterocycles. The Morgan fingerprint density at radius 1 is 0.828 bits per heavy atom. The van der Waals surface area contributed by atoms with E-state index in [1.807, 2.05) is 68.3 Å². The molecule has 29 heavy (non-hydrogen) atoms. The Morgan fingerprint density at radius 3 is 2.17 bits per heavy atom. The van der Waals surface area contributed by atoms with Gasteiger partial charge in [-0.25, -0.2) is 0 Å². The van der Waals surface area contributed by atoms with Gasteiger partial charge >= 0.3 is 0 Å². The third-order valence-corrected chi connectivity index (χ3v) is 5.10. The van der Waals surface area contributed by atoms with Crippen LogP contribution in [0.2, 0.25) is 0 Å². The lowest BCUT2D eigenvalue weighted by Crippen LogP contribution is -2.40. The number of hydrogen-bond acceptors (Lipinski definition) is 3. The van der Waals surface area contributed by atoms with Crippen LogP contribution in [0.25, 0.3) is 10.8 Å². The lowest BCUT2D eigenvalue weighted by Gasteiger charge is -2.23. The van der Waals surface area contributed by atoms with Gasteiger partial charge in [-0.1, -0.05) is 48.5 Å². The third kappa shape index (κ3) is 4.93. The molecule has 0 aliphatic rings. The molecule has 0 fully saturated rings. The zero-order valence-electron chi connectivity index (χ0n) is 17.4. The minimum atomic E-state index is -0.202. The highest BCUT2D eigenvalue weighted by Gasteiger charge is 2.16.